The first-order valence-corrected chi connectivity index (χ1v) is 5.50. The molecule has 0 spiro atoms. The third-order valence-electron chi connectivity index (χ3n) is 2.84. The molecule has 2 N–H and O–H groups in total. The number of aromatic carboxylic acids is 1. The summed E-state index contributed by atoms with van der Waals surface area (Å²) in [5.74, 6) is -1.33. The molecule has 94 valence electrons. The fraction of sp³-hybridized carbons (Fsp3) is 0.231. The highest BCUT2D eigenvalue weighted by molar-refractivity contribution is 5.92. The zero-order valence-corrected chi connectivity index (χ0v) is 9.80. The summed E-state index contributed by atoms with van der Waals surface area (Å²) in [4.78, 5) is 23.1. The van der Waals surface area contributed by atoms with Crippen molar-refractivity contribution in [3.8, 4) is 0 Å². The minimum absolute atomic E-state index is 0.210. The number of fused-ring (bicyclic) bond motifs is 1. The number of aryl methyl sites for hydroxylation is 1. The van der Waals surface area contributed by atoms with E-state index in [-0.39, 0.29) is 17.0 Å². The van der Waals surface area contributed by atoms with Crippen molar-refractivity contribution in [2.75, 3.05) is 0 Å². The van der Waals surface area contributed by atoms with Crippen LogP contribution >= 0.6 is 0 Å². The minimum Gasteiger partial charge on any atom is -0.477 e. The van der Waals surface area contributed by atoms with E-state index in [9.17, 15) is 14.7 Å². The lowest BCUT2D eigenvalue weighted by molar-refractivity contribution is 0.0694. The summed E-state index contributed by atoms with van der Waals surface area (Å²) in [6.07, 6.45) is 1.67. The zero-order chi connectivity index (χ0) is 14.2. The van der Waals surface area contributed by atoms with E-state index in [0.29, 0.717) is 17.5 Å². The van der Waals surface area contributed by atoms with Crippen LogP contribution in [0.3, 0.4) is 0 Å². The molecular formula is C13H13NO4. The Hall–Kier alpha value is -2.14. The van der Waals surface area contributed by atoms with Gasteiger partial charge in [-0.15, -0.1) is 0 Å². The van der Waals surface area contributed by atoms with Crippen molar-refractivity contribution in [2.24, 2.45) is 0 Å². The second kappa shape index (κ2) is 4.62. The van der Waals surface area contributed by atoms with Crippen LogP contribution in [-0.4, -0.2) is 20.7 Å². The van der Waals surface area contributed by atoms with E-state index in [2.05, 4.69) is 0 Å². The number of nitrogens with zero attached hydrogens (tertiary/aromatic N) is 1. The topological polar surface area (TPSA) is 79.5 Å². The van der Waals surface area contributed by atoms with Gasteiger partial charge in [-0.3, -0.25) is 4.79 Å². The van der Waals surface area contributed by atoms with Gasteiger partial charge in [0.15, 0.2) is 0 Å². The van der Waals surface area contributed by atoms with Crippen LogP contribution in [0, 0.1) is 0 Å². The molecule has 2 rings (SSSR count). The van der Waals surface area contributed by atoms with Crippen LogP contribution < -0.4 is 5.43 Å². The summed E-state index contributed by atoms with van der Waals surface area (Å²) < 4.78 is 9.07. The minimum atomic E-state index is -1.33. The van der Waals surface area contributed by atoms with Gasteiger partial charge < -0.3 is 14.8 Å². The molecule has 5 heteroatoms. The Bertz CT molecular complexity index is 721. The summed E-state index contributed by atoms with van der Waals surface area (Å²) in [6, 6.07) is 3.26. The molecule has 0 bridgehead atoms. The SMILES string of the molecule is [3H]c1cc2c(cc1CC)c(=O)c(C(=O)O)cn2CO. The van der Waals surface area contributed by atoms with E-state index in [0.717, 1.165) is 6.20 Å². The second-order valence-corrected chi connectivity index (χ2v) is 3.90. The number of aliphatic hydroxyl groups excluding tert-OH is 1. The fourth-order valence-corrected chi connectivity index (χ4v) is 1.85. The molecule has 18 heavy (non-hydrogen) atoms. The number of hydrogen-bond donors (Lipinski definition) is 2. The number of hydrogen-bond acceptors (Lipinski definition) is 3. The van der Waals surface area contributed by atoms with Gasteiger partial charge in [-0.25, -0.2) is 4.79 Å². The lowest BCUT2D eigenvalue weighted by Gasteiger charge is -2.10. The van der Waals surface area contributed by atoms with E-state index >= 15 is 0 Å². The molecule has 1 heterocycles. The van der Waals surface area contributed by atoms with Crippen LogP contribution in [-0.2, 0) is 13.2 Å². The predicted octanol–water partition coefficient (Wildman–Crippen LogP) is 1.21. The van der Waals surface area contributed by atoms with E-state index in [1.807, 2.05) is 6.92 Å². The maximum absolute atomic E-state index is 12.1. The normalized spacial score (nSPS) is 11.6. The highest BCUT2D eigenvalue weighted by Gasteiger charge is 2.14. The molecule has 0 amide bonds. The molecule has 0 atom stereocenters. The van der Waals surface area contributed by atoms with Crippen molar-refractivity contribution in [3.05, 3.63) is 45.7 Å². The van der Waals surface area contributed by atoms with Gasteiger partial charge in [0, 0.05) is 11.6 Å². The number of aromatic nitrogens is 1. The quantitative estimate of drug-likeness (QED) is 0.857. The van der Waals surface area contributed by atoms with Gasteiger partial charge in [0.2, 0.25) is 5.43 Å². The highest BCUT2D eigenvalue weighted by atomic mass is 16.4. The van der Waals surface area contributed by atoms with Gasteiger partial charge in [0.1, 0.15) is 12.3 Å². The lowest BCUT2D eigenvalue weighted by atomic mass is 10.1. The van der Waals surface area contributed by atoms with Crippen LogP contribution in [0.15, 0.2) is 29.2 Å². The Morgan fingerprint density at radius 3 is 2.83 bits per heavy atom. The number of rotatable bonds is 3. The Morgan fingerprint density at radius 1 is 1.56 bits per heavy atom. The molecule has 0 saturated heterocycles. The number of aliphatic hydroxyl groups is 1. The summed E-state index contributed by atoms with van der Waals surface area (Å²) >= 11 is 0. The summed E-state index contributed by atoms with van der Waals surface area (Å²) in [6.45, 7) is 1.40. The lowest BCUT2D eigenvalue weighted by Crippen LogP contribution is -2.19. The number of pyridine rings is 1. The first kappa shape index (κ1) is 11.0. The molecule has 0 aliphatic heterocycles. The molecule has 0 aliphatic carbocycles. The third kappa shape index (κ3) is 1.89. The Morgan fingerprint density at radius 2 is 2.28 bits per heavy atom. The van der Waals surface area contributed by atoms with Crippen molar-refractivity contribution in [3.63, 3.8) is 0 Å². The van der Waals surface area contributed by atoms with Crippen LogP contribution in [0.4, 0.5) is 0 Å². The van der Waals surface area contributed by atoms with Gasteiger partial charge >= 0.3 is 5.97 Å². The van der Waals surface area contributed by atoms with Crippen molar-refractivity contribution in [1.82, 2.24) is 4.57 Å². The van der Waals surface area contributed by atoms with Crippen LogP contribution in [0.5, 0.6) is 0 Å². The van der Waals surface area contributed by atoms with Gasteiger partial charge in [-0.05, 0) is 24.1 Å². The molecule has 5 nitrogen and oxygen atoms in total. The van der Waals surface area contributed by atoms with E-state index in [1.54, 1.807) is 0 Å². The summed E-state index contributed by atoms with van der Waals surface area (Å²) in [5, 5.41) is 18.5. The molecular weight excluding hydrogens is 234 g/mol. The van der Waals surface area contributed by atoms with E-state index in [4.69, 9.17) is 6.48 Å². The van der Waals surface area contributed by atoms with Crippen molar-refractivity contribution in [2.45, 2.75) is 20.1 Å². The maximum atomic E-state index is 12.1. The molecule has 0 radical (unpaired) electrons. The molecule has 0 fully saturated rings. The zero-order valence-electron chi connectivity index (χ0n) is 10.8. The van der Waals surface area contributed by atoms with Gasteiger partial charge in [0.25, 0.3) is 0 Å². The number of benzene rings is 1. The monoisotopic (exact) mass is 249 g/mol. The van der Waals surface area contributed by atoms with Gasteiger partial charge in [0.05, 0.1) is 6.89 Å². The molecule has 0 saturated carbocycles. The van der Waals surface area contributed by atoms with E-state index < -0.39 is 18.1 Å². The average molecular weight is 249 g/mol. The maximum Gasteiger partial charge on any atom is 0.341 e. The molecule has 1 aromatic heterocycles. The first-order valence-electron chi connectivity index (χ1n) is 6.00. The van der Waals surface area contributed by atoms with Crippen molar-refractivity contribution < 1.29 is 16.4 Å². The molecule has 0 aliphatic rings. The molecule has 0 unspecified atom stereocenters. The third-order valence-corrected chi connectivity index (χ3v) is 2.84. The van der Waals surface area contributed by atoms with Gasteiger partial charge in [-0.1, -0.05) is 13.0 Å². The molecule has 1 aromatic carbocycles. The summed E-state index contributed by atoms with van der Waals surface area (Å²) in [7, 11) is 0. The van der Waals surface area contributed by atoms with Crippen LogP contribution in [0.2, 0.25) is 0 Å². The van der Waals surface area contributed by atoms with Crippen LogP contribution in [0.1, 0.15) is 24.2 Å². The largest absolute Gasteiger partial charge is 0.477 e. The second-order valence-electron chi connectivity index (χ2n) is 3.90. The van der Waals surface area contributed by atoms with Crippen LogP contribution in [0.25, 0.3) is 10.9 Å². The first-order chi connectivity index (χ1) is 8.99. The summed E-state index contributed by atoms with van der Waals surface area (Å²) in [5.41, 5.74) is 0.0413. The smallest absolute Gasteiger partial charge is 0.341 e. The fourth-order valence-electron chi connectivity index (χ4n) is 1.85. The highest BCUT2D eigenvalue weighted by Crippen LogP contribution is 2.14. The Kier molecular flexibility index (Phi) is 2.82. The number of carboxylic acids is 1. The average Bonchev–Trinajstić information content (AvgIpc) is 2.38. The van der Waals surface area contributed by atoms with E-state index in [1.165, 1.54) is 16.7 Å². The Labute approximate surface area is 104 Å². The standard InChI is InChI=1S/C13H13NO4/c1-2-8-3-4-11-9(5-8)12(16)10(13(17)18)6-14(11)7-15/h3-6,15H,2,7H2,1H3,(H,17,18)/i3T. The van der Waals surface area contributed by atoms with Crippen molar-refractivity contribution >= 4 is 16.9 Å². The molecule has 2 aromatic rings. The number of carboxylic acid groups (broad SMARTS) is 1. The number of carbonyl (C=O) groups is 1. The van der Waals surface area contributed by atoms with Gasteiger partial charge in [-0.2, -0.15) is 0 Å². The van der Waals surface area contributed by atoms with Crippen molar-refractivity contribution in [1.29, 1.82) is 0 Å². The predicted molar refractivity (Wildman–Crippen MR) is 66.8 cm³/mol. The Balaban J connectivity index is 2.95.